The fraction of sp³-hybridized carbons (Fsp3) is 0.235. The molecule has 0 aromatic heterocycles. The van der Waals surface area contributed by atoms with Crippen LogP contribution in [0.5, 0.6) is 0 Å². The van der Waals surface area contributed by atoms with E-state index in [-0.39, 0.29) is 5.91 Å². The Bertz CT molecular complexity index is 655. The van der Waals surface area contributed by atoms with Crippen molar-refractivity contribution in [3.05, 3.63) is 63.6 Å². The molecule has 4 heteroatoms. The first-order chi connectivity index (χ1) is 10.0. The van der Waals surface area contributed by atoms with Crippen molar-refractivity contribution < 1.29 is 4.79 Å². The van der Waals surface area contributed by atoms with Crippen LogP contribution in [-0.4, -0.2) is 5.91 Å². The molecule has 0 heterocycles. The molecule has 0 bridgehead atoms. The topological polar surface area (TPSA) is 29.1 Å². The summed E-state index contributed by atoms with van der Waals surface area (Å²) in [5.74, 6) is 0.120. The normalized spacial score (nSPS) is 12.0. The highest BCUT2D eigenvalue weighted by Crippen LogP contribution is 2.28. The van der Waals surface area contributed by atoms with Gasteiger partial charge >= 0.3 is 0 Å². The number of carbonyl (C=O) groups is 1. The molecule has 0 radical (unpaired) electrons. The Morgan fingerprint density at radius 2 is 1.90 bits per heavy atom. The zero-order valence-electron chi connectivity index (χ0n) is 12.0. The number of anilines is 1. The molecular weight excluding hydrogens is 305 g/mol. The minimum Gasteiger partial charge on any atom is -0.322 e. The highest BCUT2D eigenvalue weighted by molar-refractivity contribution is 6.36. The number of amides is 1. The number of para-hydroxylation sites is 1. The number of hydrogen-bond acceptors (Lipinski definition) is 1. The molecule has 0 unspecified atom stereocenters. The summed E-state index contributed by atoms with van der Waals surface area (Å²) in [5, 5.41) is 3.80. The van der Waals surface area contributed by atoms with Crippen LogP contribution in [-0.2, 0) is 0 Å². The van der Waals surface area contributed by atoms with Crippen LogP contribution in [0, 0.1) is 0 Å². The average molecular weight is 322 g/mol. The average Bonchev–Trinajstić information content (AvgIpc) is 2.49. The van der Waals surface area contributed by atoms with Crippen molar-refractivity contribution in [1.82, 2.24) is 0 Å². The van der Waals surface area contributed by atoms with Gasteiger partial charge < -0.3 is 5.32 Å². The molecule has 1 N–H and O–H groups in total. The molecule has 0 aliphatic heterocycles. The minimum atomic E-state index is -0.252. The van der Waals surface area contributed by atoms with Gasteiger partial charge in [-0.2, -0.15) is 0 Å². The van der Waals surface area contributed by atoms with Gasteiger partial charge in [0.25, 0.3) is 5.91 Å². The van der Waals surface area contributed by atoms with Crippen molar-refractivity contribution in [2.75, 3.05) is 5.32 Å². The summed E-state index contributed by atoms with van der Waals surface area (Å²) in [6, 6.07) is 12.7. The first-order valence-corrected chi connectivity index (χ1v) is 7.63. The molecule has 110 valence electrons. The highest BCUT2D eigenvalue weighted by atomic mass is 35.5. The van der Waals surface area contributed by atoms with Gasteiger partial charge in [0.15, 0.2) is 0 Å². The molecule has 0 saturated carbocycles. The smallest absolute Gasteiger partial charge is 0.257 e. The Morgan fingerprint density at radius 1 is 1.19 bits per heavy atom. The fourth-order valence-corrected chi connectivity index (χ4v) is 2.50. The second-order valence-electron chi connectivity index (χ2n) is 4.97. The molecule has 0 aliphatic rings. The predicted molar refractivity (Wildman–Crippen MR) is 89.6 cm³/mol. The van der Waals surface area contributed by atoms with E-state index in [4.69, 9.17) is 23.2 Å². The SMILES string of the molecule is CC[C@@H](C)c1ccccc1NC(=O)c1cc(Cl)ccc1Cl. The largest absolute Gasteiger partial charge is 0.322 e. The lowest BCUT2D eigenvalue weighted by Gasteiger charge is -2.16. The van der Waals surface area contributed by atoms with E-state index in [1.54, 1.807) is 18.2 Å². The van der Waals surface area contributed by atoms with Crippen LogP contribution >= 0.6 is 23.2 Å². The molecule has 0 aliphatic carbocycles. The summed E-state index contributed by atoms with van der Waals surface area (Å²) in [6.45, 7) is 4.26. The fourth-order valence-electron chi connectivity index (χ4n) is 2.12. The van der Waals surface area contributed by atoms with E-state index in [0.29, 0.717) is 21.5 Å². The summed E-state index contributed by atoms with van der Waals surface area (Å²) in [5.41, 5.74) is 2.31. The number of benzene rings is 2. The van der Waals surface area contributed by atoms with E-state index >= 15 is 0 Å². The van der Waals surface area contributed by atoms with Crippen molar-refractivity contribution >= 4 is 34.8 Å². The van der Waals surface area contributed by atoms with Crippen LogP contribution in [0.15, 0.2) is 42.5 Å². The number of nitrogens with one attached hydrogen (secondary N) is 1. The van der Waals surface area contributed by atoms with Crippen molar-refractivity contribution in [2.24, 2.45) is 0 Å². The van der Waals surface area contributed by atoms with Crippen LogP contribution in [0.2, 0.25) is 10.0 Å². The van der Waals surface area contributed by atoms with Gasteiger partial charge in [0.2, 0.25) is 0 Å². The standard InChI is InChI=1S/C17H17Cl2NO/c1-3-11(2)13-6-4-5-7-16(13)20-17(21)14-10-12(18)8-9-15(14)19/h4-11H,3H2,1-2H3,(H,20,21)/t11-/m1/s1. The summed E-state index contributed by atoms with van der Waals surface area (Å²) in [6.07, 6.45) is 1.00. The lowest BCUT2D eigenvalue weighted by molar-refractivity contribution is 0.102. The van der Waals surface area contributed by atoms with E-state index in [1.807, 2.05) is 24.3 Å². The molecule has 0 spiro atoms. The zero-order valence-corrected chi connectivity index (χ0v) is 13.5. The first kappa shape index (κ1) is 15.9. The Labute approximate surface area is 135 Å². The van der Waals surface area contributed by atoms with Gasteiger partial charge in [-0.1, -0.05) is 55.2 Å². The Kier molecular flexibility index (Phi) is 5.27. The van der Waals surface area contributed by atoms with Crippen LogP contribution in [0.3, 0.4) is 0 Å². The maximum absolute atomic E-state index is 12.4. The van der Waals surface area contributed by atoms with Crippen LogP contribution in [0.4, 0.5) is 5.69 Å². The molecular formula is C17H17Cl2NO. The van der Waals surface area contributed by atoms with Gasteiger partial charge in [-0.15, -0.1) is 0 Å². The molecule has 2 aromatic carbocycles. The molecule has 1 amide bonds. The van der Waals surface area contributed by atoms with E-state index in [0.717, 1.165) is 17.7 Å². The maximum Gasteiger partial charge on any atom is 0.257 e. The third kappa shape index (κ3) is 3.78. The third-order valence-corrected chi connectivity index (χ3v) is 4.09. The quantitative estimate of drug-likeness (QED) is 0.762. The van der Waals surface area contributed by atoms with E-state index in [9.17, 15) is 4.79 Å². The molecule has 2 aromatic rings. The number of halogens is 2. The molecule has 1 atom stereocenters. The zero-order chi connectivity index (χ0) is 15.4. The molecule has 21 heavy (non-hydrogen) atoms. The highest BCUT2D eigenvalue weighted by Gasteiger charge is 2.14. The van der Waals surface area contributed by atoms with E-state index in [2.05, 4.69) is 19.2 Å². The molecule has 2 rings (SSSR count). The number of rotatable bonds is 4. The minimum absolute atomic E-state index is 0.252. The second-order valence-corrected chi connectivity index (χ2v) is 5.82. The number of carbonyl (C=O) groups excluding carboxylic acids is 1. The van der Waals surface area contributed by atoms with Gasteiger partial charge in [0.1, 0.15) is 0 Å². The summed E-state index contributed by atoms with van der Waals surface area (Å²) in [4.78, 5) is 12.4. The summed E-state index contributed by atoms with van der Waals surface area (Å²) in [7, 11) is 0. The summed E-state index contributed by atoms with van der Waals surface area (Å²) < 4.78 is 0. The molecule has 0 saturated heterocycles. The Hall–Kier alpha value is -1.51. The molecule has 0 fully saturated rings. The first-order valence-electron chi connectivity index (χ1n) is 6.88. The van der Waals surface area contributed by atoms with Gasteiger partial charge in [0, 0.05) is 10.7 Å². The van der Waals surface area contributed by atoms with Crippen molar-refractivity contribution in [1.29, 1.82) is 0 Å². The molecule has 2 nitrogen and oxygen atoms in total. The predicted octanol–water partition coefficient (Wildman–Crippen LogP) is 5.76. The van der Waals surface area contributed by atoms with Crippen molar-refractivity contribution in [3.8, 4) is 0 Å². The lowest BCUT2D eigenvalue weighted by Crippen LogP contribution is -2.14. The third-order valence-electron chi connectivity index (χ3n) is 3.53. The monoisotopic (exact) mass is 321 g/mol. The van der Waals surface area contributed by atoms with Crippen LogP contribution in [0.1, 0.15) is 42.1 Å². The Balaban J connectivity index is 2.30. The van der Waals surface area contributed by atoms with Gasteiger partial charge in [-0.25, -0.2) is 0 Å². The van der Waals surface area contributed by atoms with Crippen molar-refractivity contribution in [3.63, 3.8) is 0 Å². The Morgan fingerprint density at radius 3 is 2.62 bits per heavy atom. The van der Waals surface area contributed by atoms with Crippen LogP contribution < -0.4 is 5.32 Å². The van der Waals surface area contributed by atoms with E-state index in [1.165, 1.54) is 0 Å². The van der Waals surface area contributed by atoms with Gasteiger partial charge in [-0.05, 0) is 42.2 Å². The van der Waals surface area contributed by atoms with Gasteiger partial charge in [0.05, 0.1) is 10.6 Å². The lowest BCUT2D eigenvalue weighted by atomic mass is 9.97. The van der Waals surface area contributed by atoms with Crippen molar-refractivity contribution in [2.45, 2.75) is 26.2 Å². The summed E-state index contributed by atoms with van der Waals surface area (Å²) >= 11 is 12.0. The van der Waals surface area contributed by atoms with E-state index < -0.39 is 0 Å². The number of hydrogen-bond donors (Lipinski definition) is 1. The van der Waals surface area contributed by atoms with Crippen LogP contribution in [0.25, 0.3) is 0 Å². The maximum atomic E-state index is 12.4. The van der Waals surface area contributed by atoms with Gasteiger partial charge in [-0.3, -0.25) is 4.79 Å². The second kappa shape index (κ2) is 6.97.